The van der Waals surface area contributed by atoms with Crippen molar-refractivity contribution >= 4 is 11.6 Å². The number of piperidine rings is 1. The SMILES string of the molecule is CC(C)c1ccc(N[C@H]2CCCN(C(=O)CCCn3cncn3)C2)cc1. The van der Waals surface area contributed by atoms with Crippen molar-refractivity contribution in [1.82, 2.24) is 19.7 Å². The number of carbonyl (C=O) groups excluding carboxylic acids is 1. The number of anilines is 1. The van der Waals surface area contributed by atoms with E-state index in [0.717, 1.165) is 44.6 Å². The molecule has 1 saturated heterocycles. The third-order valence-corrected chi connectivity index (χ3v) is 4.97. The Balaban J connectivity index is 1.46. The number of nitrogens with one attached hydrogen (secondary N) is 1. The summed E-state index contributed by atoms with van der Waals surface area (Å²) in [6.45, 7) is 6.80. The van der Waals surface area contributed by atoms with Crippen LogP contribution in [0.4, 0.5) is 5.69 Å². The predicted octanol–water partition coefficient (Wildman–Crippen LogP) is 3.28. The molecule has 1 N–H and O–H groups in total. The van der Waals surface area contributed by atoms with Crippen molar-refractivity contribution in [1.29, 1.82) is 0 Å². The topological polar surface area (TPSA) is 63.1 Å². The average molecular weight is 355 g/mol. The molecule has 0 bridgehead atoms. The molecule has 1 atom stereocenters. The van der Waals surface area contributed by atoms with Gasteiger partial charge in [0.25, 0.3) is 0 Å². The van der Waals surface area contributed by atoms with E-state index < -0.39 is 0 Å². The maximum absolute atomic E-state index is 12.5. The molecule has 6 heteroatoms. The van der Waals surface area contributed by atoms with Gasteiger partial charge in [0.2, 0.25) is 5.91 Å². The lowest BCUT2D eigenvalue weighted by atomic mass is 10.0. The van der Waals surface area contributed by atoms with Gasteiger partial charge in [-0.1, -0.05) is 26.0 Å². The smallest absolute Gasteiger partial charge is 0.222 e. The minimum atomic E-state index is 0.242. The molecule has 3 rings (SSSR count). The van der Waals surface area contributed by atoms with Crippen molar-refractivity contribution in [2.45, 2.75) is 58.0 Å². The van der Waals surface area contributed by atoms with Crippen molar-refractivity contribution in [3.8, 4) is 0 Å². The van der Waals surface area contributed by atoms with E-state index in [4.69, 9.17) is 0 Å². The molecule has 26 heavy (non-hydrogen) atoms. The van der Waals surface area contributed by atoms with Crippen LogP contribution in [-0.2, 0) is 11.3 Å². The van der Waals surface area contributed by atoms with Gasteiger partial charge in [0, 0.05) is 37.8 Å². The highest BCUT2D eigenvalue weighted by Crippen LogP contribution is 2.20. The third-order valence-electron chi connectivity index (χ3n) is 4.97. The molecule has 0 unspecified atom stereocenters. The van der Waals surface area contributed by atoms with E-state index in [2.05, 4.69) is 53.5 Å². The van der Waals surface area contributed by atoms with Crippen LogP contribution >= 0.6 is 0 Å². The molecular weight excluding hydrogens is 326 g/mol. The second kappa shape index (κ2) is 8.83. The largest absolute Gasteiger partial charge is 0.381 e. The Bertz CT molecular complexity index is 681. The zero-order valence-corrected chi connectivity index (χ0v) is 15.8. The highest BCUT2D eigenvalue weighted by atomic mass is 16.2. The Labute approximate surface area is 155 Å². The monoisotopic (exact) mass is 355 g/mol. The maximum Gasteiger partial charge on any atom is 0.222 e. The molecule has 0 radical (unpaired) electrons. The number of likely N-dealkylation sites (tertiary alicyclic amines) is 1. The normalized spacial score (nSPS) is 17.5. The fourth-order valence-corrected chi connectivity index (χ4v) is 3.42. The molecule has 0 spiro atoms. The molecule has 1 aromatic heterocycles. The van der Waals surface area contributed by atoms with Gasteiger partial charge in [-0.2, -0.15) is 5.10 Å². The maximum atomic E-state index is 12.5. The first-order valence-corrected chi connectivity index (χ1v) is 9.58. The number of carbonyl (C=O) groups is 1. The van der Waals surface area contributed by atoms with Gasteiger partial charge in [-0.25, -0.2) is 4.98 Å². The minimum Gasteiger partial charge on any atom is -0.381 e. The fraction of sp³-hybridized carbons (Fsp3) is 0.550. The molecule has 1 aliphatic rings. The van der Waals surface area contributed by atoms with Crippen LogP contribution in [0.1, 0.15) is 51.0 Å². The number of hydrogen-bond acceptors (Lipinski definition) is 4. The summed E-state index contributed by atoms with van der Waals surface area (Å²) in [5.41, 5.74) is 2.49. The Hall–Kier alpha value is -2.37. The lowest BCUT2D eigenvalue weighted by Gasteiger charge is -2.34. The summed E-state index contributed by atoms with van der Waals surface area (Å²) < 4.78 is 1.77. The fourth-order valence-electron chi connectivity index (χ4n) is 3.42. The standard InChI is InChI=1S/C20H29N5O/c1-16(2)17-7-9-18(10-8-17)23-19-5-3-11-24(13-19)20(26)6-4-12-25-15-21-14-22-25/h7-10,14-16,19,23H,3-6,11-13H2,1-2H3/t19-/m0/s1. The second-order valence-corrected chi connectivity index (χ2v) is 7.36. The van der Waals surface area contributed by atoms with Crippen LogP contribution in [0, 0.1) is 0 Å². The predicted molar refractivity (Wildman–Crippen MR) is 103 cm³/mol. The van der Waals surface area contributed by atoms with Crippen LogP contribution in [0.5, 0.6) is 0 Å². The van der Waals surface area contributed by atoms with Crippen LogP contribution in [0.3, 0.4) is 0 Å². The summed E-state index contributed by atoms with van der Waals surface area (Å²) in [7, 11) is 0. The Kier molecular flexibility index (Phi) is 6.26. The van der Waals surface area contributed by atoms with Gasteiger partial charge in [-0.05, 0) is 42.9 Å². The van der Waals surface area contributed by atoms with Gasteiger partial charge in [0.05, 0.1) is 0 Å². The van der Waals surface area contributed by atoms with Crippen LogP contribution in [0.25, 0.3) is 0 Å². The van der Waals surface area contributed by atoms with Crippen LogP contribution < -0.4 is 5.32 Å². The third kappa shape index (κ3) is 5.07. The molecule has 6 nitrogen and oxygen atoms in total. The zero-order chi connectivity index (χ0) is 18.4. The van der Waals surface area contributed by atoms with E-state index >= 15 is 0 Å². The van der Waals surface area contributed by atoms with E-state index in [0.29, 0.717) is 18.4 Å². The number of hydrogen-bond donors (Lipinski definition) is 1. The number of rotatable bonds is 7. The quantitative estimate of drug-likeness (QED) is 0.828. The summed E-state index contributed by atoms with van der Waals surface area (Å²) in [5.74, 6) is 0.788. The molecular formula is C20H29N5O. The molecule has 2 aromatic rings. The number of benzene rings is 1. The summed E-state index contributed by atoms with van der Waals surface area (Å²) in [6.07, 6.45) is 6.74. The summed E-state index contributed by atoms with van der Waals surface area (Å²) in [5, 5.41) is 7.67. The zero-order valence-electron chi connectivity index (χ0n) is 15.8. The lowest BCUT2D eigenvalue weighted by Crippen LogP contribution is -2.45. The van der Waals surface area contributed by atoms with Crippen molar-refractivity contribution in [3.63, 3.8) is 0 Å². The van der Waals surface area contributed by atoms with Gasteiger partial charge >= 0.3 is 0 Å². The van der Waals surface area contributed by atoms with Crippen LogP contribution in [0.15, 0.2) is 36.9 Å². The molecule has 1 aliphatic heterocycles. The highest BCUT2D eigenvalue weighted by molar-refractivity contribution is 5.76. The van der Waals surface area contributed by atoms with Crippen molar-refractivity contribution < 1.29 is 4.79 Å². The van der Waals surface area contributed by atoms with E-state index in [1.165, 1.54) is 11.9 Å². The van der Waals surface area contributed by atoms with E-state index in [1.807, 2.05) is 4.90 Å². The number of nitrogens with zero attached hydrogens (tertiary/aromatic N) is 4. The second-order valence-electron chi connectivity index (χ2n) is 7.36. The van der Waals surface area contributed by atoms with Crippen LogP contribution in [0.2, 0.25) is 0 Å². The molecule has 0 aliphatic carbocycles. The van der Waals surface area contributed by atoms with Gasteiger partial charge in [0.15, 0.2) is 0 Å². The molecule has 1 aromatic carbocycles. The Morgan fingerprint density at radius 3 is 2.81 bits per heavy atom. The van der Waals surface area contributed by atoms with Gasteiger partial charge < -0.3 is 10.2 Å². The Morgan fingerprint density at radius 2 is 2.12 bits per heavy atom. The van der Waals surface area contributed by atoms with Gasteiger partial charge in [-0.15, -0.1) is 0 Å². The van der Waals surface area contributed by atoms with Gasteiger partial charge in [0.1, 0.15) is 12.7 Å². The molecule has 1 amide bonds. The van der Waals surface area contributed by atoms with Crippen molar-refractivity contribution in [3.05, 3.63) is 42.5 Å². The Morgan fingerprint density at radius 1 is 1.31 bits per heavy atom. The molecule has 1 fully saturated rings. The number of amides is 1. The van der Waals surface area contributed by atoms with E-state index in [1.54, 1.807) is 11.0 Å². The first-order valence-electron chi connectivity index (χ1n) is 9.58. The molecule has 140 valence electrons. The first-order chi connectivity index (χ1) is 12.6. The van der Waals surface area contributed by atoms with Crippen LogP contribution in [-0.4, -0.2) is 44.7 Å². The average Bonchev–Trinajstić information content (AvgIpc) is 3.16. The number of aromatic nitrogens is 3. The molecule has 0 saturated carbocycles. The lowest BCUT2D eigenvalue weighted by molar-refractivity contribution is -0.132. The highest BCUT2D eigenvalue weighted by Gasteiger charge is 2.23. The molecule has 2 heterocycles. The number of aryl methyl sites for hydroxylation is 1. The van der Waals surface area contributed by atoms with E-state index in [9.17, 15) is 4.79 Å². The first kappa shape index (κ1) is 18.4. The minimum absolute atomic E-state index is 0.242. The van der Waals surface area contributed by atoms with Gasteiger partial charge in [-0.3, -0.25) is 9.48 Å². The summed E-state index contributed by atoms with van der Waals surface area (Å²) in [6, 6.07) is 8.99. The van der Waals surface area contributed by atoms with Crippen molar-refractivity contribution in [2.75, 3.05) is 18.4 Å². The summed E-state index contributed by atoms with van der Waals surface area (Å²) in [4.78, 5) is 18.4. The van der Waals surface area contributed by atoms with Crippen molar-refractivity contribution in [2.24, 2.45) is 0 Å². The summed E-state index contributed by atoms with van der Waals surface area (Å²) >= 11 is 0. The van der Waals surface area contributed by atoms with E-state index in [-0.39, 0.29) is 5.91 Å².